The van der Waals surface area contributed by atoms with Gasteiger partial charge in [-0.1, -0.05) is 12.1 Å². The molecule has 10 heteroatoms. The molecule has 2 aromatic carbocycles. The summed E-state index contributed by atoms with van der Waals surface area (Å²) in [6.45, 7) is 0.183. The van der Waals surface area contributed by atoms with Gasteiger partial charge in [0.1, 0.15) is 12.4 Å². The van der Waals surface area contributed by atoms with Crippen LogP contribution in [0.25, 0.3) is 0 Å². The van der Waals surface area contributed by atoms with Gasteiger partial charge in [0, 0.05) is 12.3 Å². The molecule has 0 amide bonds. The Morgan fingerprint density at radius 1 is 1.30 bits per heavy atom. The van der Waals surface area contributed by atoms with Crippen molar-refractivity contribution in [3.05, 3.63) is 85.4 Å². The second-order valence-electron chi connectivity index (χ2n) is 5.95. The minimum atomic E-state index is -0.540. The molecule has 3 aromatic rings. The van der Waals surface area contributed by atoms with Crippen molar-refractivity contribution < 1.29 is 18.8 Å². The van der Waals surface area contributed by atoms with E-state index in [-0.39, 0.29) is 23.9 Å². The maximum Gasteiger partial charge on any atom is 0.313 e. The lowest BCUT2D eigenvalue weighted by molar-refractivity contribution is -0.384. The van der Waals surface area contributed by atoms with Crippen molar-refractivity contribution in [2.75, 3.05) is 12.5 Å². The van der Waals surface area contributed by atoms with Crippen LogP contribution in [0.2, 0.25) is 0 Å². The van der Waals surface area contributed by atoms with Crippen LogP contribution in [0.3, 0.4) is 0 Å². The first-order valence-electron chi connectivity index (χ1n) is 8.61. The molecular formula is C20H16FIN4O4. The van der Waals surface area contributed by atoms with Gasteiger partial charge in [0.05, 0.1) is 21.8 Å². The fourth-order valence-electron chi connectivity index (χ4n) is 2.53. The predicted molar refractivity (Wildman–Crippen MR) is 119 cm³/mol. The summed E-state index contributed by atoms with van der Waals surface area (Å²) in [6.07, 6.45) is 2.92. The molecule has 0 spiro atoms. The molecule has 0 aliphatic rings. The predicted octanol–water partition coefficient (Wildman–Crippen LogP) is 4.77. The summed E-state index contributed by atoms with van der Waals surface area (Å²) < 4.78 is 25.3. The highest BCUT2D eigenvalue weighted by molar-refractivity contribution is 14.1. The third kappa shape index (κ3) is 5.41. The third-order valence-electron chi connectivity index (χ3n) is 3.89. The number of halogens is 2. The molecule has 1 aromatic heterocycles. The normalized spacial score (nSPS) is 10.8. The Bertz CT molecular complexity index is 1090. The van der Waals surface area contributed by atoms with Gasteiger partial charge in [0.2, 0.25) is 5.82 Å². The lowest BCUT2D eigenvalue weighted by Crippen LogP contribution is -2.02. The van der Waals surface area contributed by atoms with Crippen LogP contribution in [-0.4, -0.2) is 23.2 Å². The highest BCUT2D eigenvalue weighted by Crippen LogP contribution is 2.34. The average molecular weight is 522 g/mol. The molecule has 1 N–H and O–H groups in total. The molecule has 0 aliphatic carbocycles. The highest BCUT2D eigenvalue weighted by Gasteiger charge is 2.14. The molecular weight excluding hydrogens is 506 g/mol. The number of hydrogen-bond donors (Lipinski definition) is 1. The zero-order valence-electron chi connectivity index (χ0n) is 15.7. The standard InChI is InChI=1S/C20H16FIN4O4/c1-29-18-10-14(11-24-25-20-17(26(27)28)6-3-7-23-20)9-16(22)19(18)30-12-13-4-2-5-15(21)8-13/h2-11H,12H2,1H3,(H,23,25)/b24-11-. The number of nitrogens with one attached hydrogen (secondary N) is 1. The summed E-state index contributed by atoms with van der Waals surface area (Å²) in [5.41, 5.74) is 3.77. The summed E-state index contributed by atoms with van der Waals surface area (Å²) in [7, 11) is 1.51. The zero-order valence-corrected chi connectivity index (χ0v) is 17.9. The van der Waals surface area contributed by atoms with Crippen LogP contribution in [0.15, 0.2) is 59.8 Å². The molecule has 154 valence electrons. The fraction of sp³-hybridized carbons (Fsp3) is 0.100. The van der Waals surface area contributed by atoms with Crippen molar-refractivity contribution in [2.45, 2.75) is 6.61 Å². The number of pyridine rings is 1. The molecule has 0 saturated heterocycles. The topological polar surface area (TPSA) is 98.9 Å². The highest BCUT2D eigenvalue weighted by atomic mass is 127. The van der Waals surface area contributed by atoms with Crippen LogP contribution in [-0.2, 0) is 6.61 Å². The number of benzene rings is 2. The molecule has 0 bridgehead atoms. The van der Waals surface area contributed by atoms with Crippen molar-refractivity contribution in [3.8, 4) is 11.5 Å². The van der Waals surface area contributed by atoms with E-state index in [4.69, 9.17) is 9.47 Å². The van der Waals surface area contributed by atoms with Crippen molar-refractivity contribution in [1.29, 1.82) is 0 Å². The molecule has 8 nitrogen and oxygen atoms in total. The Balaban J connectivity index is 1.75. The van der Waals surface area contributed by atoms with Gasteiger partial charge in [-0.3, -0.25) is 15.5 Å². The van der Waals surface area contributed by atoms with Crippen molar-refractivity contribution in [1.82, 2.24) is 4.98 Å². The van der Waals surface area contributed by atoms with E-state index in [9.17, 15) is 14.5 Å². The first-order chi connectivity index (χ1) is 14.5. The Kier molecular flexibility index (Phi) is 7.12. The van der Waals surface area contributed by atoms with Gasteiger partial charge in [-0.2, -0.15) is 5.10 Å². The van der Waals surface area contributed by atoms with E-state index in [1.54, 1.807) is 18.2 Å². The molecule has 0 radical (unpaired) electrons. The number of rotatable bonds is 8. The molecule has 30 heavy (non-hydrogen) atoms. The molecule has 3 rings (SSSR count). The molecule has 1 heterocycles. The Morgan fingerprint density at radius 2 is 2.13 bits per heavy atom. The van der Waals surface area contributed by atoms with Crippen LogP contribution in [0.1, 0.15) is 11.1 Å². The van der Waals surface area contributed by atoms with E-state index < -0.39 is 4.92 Å². The van der Waals surface area contributed by atoms with E-state index in [0.717, 1.165) is 3.57 Å². The van der Waals surface area contributed by atoms with E-state index >= 15 is 0 Å². The fourth-order valence-corrected chi connectivity index (χ4v) is 3.32. The summed E-state index contributed by atoms with van der Waals surface area (Å²) in [4.78, 5) is 14.4. The first-order valence-corrected chi connectivity index (χ1v) is 9.69. The largest absolute Gasteiger partial charge is 0.493 e. The SMILES string of the molecule is COc1cc(/C=N\Nc2ncccc2[N+](=O)[O-])cc(I)c1OCc1cccc(F)c1. The van der Waals surface area contributed by atoms with Crippen molar-refractivity contribution >= 4 is 40.3 Å². The van der Waals surface area contributed by atoms with Crippen LogP contribution in [0.5, 0.6) is 11.5 Å². The Morgan fingerprint density at radius 3 is 2.87 bits per heavy atom. The van der Waals surface area contributed by atoms with Crippen molar-refractivity contribution in [2.24, 2.45) is 5.10 Å². The number of nitrogens with zero attached hydrogens (tertiary/aromatic N) is 3. The third-order valence-corrected chi connectivity index (χ3v) is 4.69. The van der Waals surface area contributed by atoms with Gasteiger partial charge in [-0.15, -0.1) is 0 Å². The number of hydrogen-bond acceptors (Lipinski definition) is 7. The number of ether oxygens (including phenoxy) is 2. The lowest BCUT2D eigenvalue weighted by atomic mass is 10.2. The monoisotopic (exact) mass is 522 g/mol. The van der Waals surface area contributed by atoms with Crippen molar-refractivity contribution in [3.63, 3.8) is 0 Å². The maximum atomic E-state index is 13.3. The van der Waals surface area contributed by atoms with Gasteiger partial charge >= 0.3 is 5.69 Å². The van der Waals surface area contributed by atoms with Gasteiger partial charge < -0.3 is 9.47 Å². The summed E-state index contributed by atoms with van der Waals surface area (Å²) in [5.74, 6) is 0.705. The summed E-state index contributed by atoms with van der Waals surface area (Å²) in [6, 6.07) is 12.5. The van der Waals surface area contributed by atoms with Gasteiger partial charge in [-0.05, 0) is 64.0 Å². The first kappa shape index (κ1) is 21.4. The molecule has 0 saturated carbocycles. The van der Waals surface area contributed by atoms with Crippen LogP contribution >= 0.6 is 22.6 Å². The number of methoxy groups -OCH3 is 1. The summed E-state index contributed by atoms with van der Waals surface area (Å²) in [5, 5.41) is 15.0. The van der Waals surface area contributed by atoms with Crippen LogP contribution < -0.4 is 14.9 Å². The molecule has 0 atom stereocenters. The van der Waals surface area contributed by atoms with E-state index in [0.29, 0.717) is 22.6 Å². The molecule has 0 aliphatic heterocycles. The van der Waals surface area contributed by atoms with E-state index in [1.807, 2.05) is 6.07 Å². The average Bonchev–Trinajstić information content (AvgIpc) is 2.73. The second kappa shape index (κ2) is 9.96. The van der Waals surface area contributed by atoms with Crippen LogP contribution in [0, 0.1) is 19.5 Å². The number of anilines is 1. The summed E-state index contributed by atoms with van der Waals surface area (Å²) >= 11 is 2.10. The molecule has 0 unspecified atom stereocenters. The Labute approximate surface area is 185 Å². The van der Waals surface area contributed by atoms with Crippen LogP contribution in [0.4, 0.5) is 15.9 Å². The van der Waals surface area contributed by atoms with Gasteiger partial charge in [0.25, 0.3) is 0 Å². The quantitative estimate of drug-likeness (QED) is 0.198. The number of aromatic nitrogens is 1. The van der Waals surface area contributed by atoms with E-state index in [1.165, 1.54) is 43.8 Å². The van der Waals surface area contributed by atoms with E-state index in [2.05, 4.69) is 38.1 Å². The zero-order chi connectivity index (χ0) is 21.5. The minimum absolute atomic E-state index is 0.0375. The minimum Gasteiger partial charge on any atom is -0.493 e. The Hall–Kier alpha value is -3.28. The second-order valence-corrected chi connectivity index (χ2v) is 7.11. The lowest BCUT2D eigenvalue weighted by Gasteiger charge is -2.13. The number of nitro groups is 1. The van der Waals surface area contributed by atoms with Gasteiger partial charge in [0.15, 0.2) is 11.5 Å². The van der Waals surface area contributed by atoms with Gasteiger partial charge in [-0.25, -0.2) is 9.37 Å². The maximum absolute atomic E-state index is 13.3. The smallest absolute Gasteiger partial charge is 0.313 e. The number of hydrazone groups is 1. The molecule has 0 fully saturated rings.